The first kappa shape index (κ1) is 20.3. The molecule has 1 fully saturated rings. The number of imidazole rings is 1. The number of rotatable bonds is 8. The second-order valence-electron chi connectivity index (χ2n) is 6.63. The molecule has 9 heteroatoms. The van der Waals surface area contributed by atoms with Gasteiger partial charge in [0.05, 0.1) is 19.3 Å². The Kier molecular flexibility index (Phi) is 6.35. The molecule has 1 aromatic carbocycles. The van der Waals surface area contributed by atoms with Crippen LogP contribution in [-0.4, -0.2) is 55.0 Å². The summed E-state index contributed by atoms with van der Waals surface area (Å²) in [5.74, 6) is 0.570. The van der Waals surface area contributed by atoms with E-state index in [2.05, 4.69) is 4.98 Å². The van der Waals surface area contributed by atoms with Gasteiger partial charge in [0.25, 0.3) is 0 Å². The largest absolute Gasteiger partial charge is 0.495 e. The fraction of sp³-hybridized carbons (Fsp3) is 0.474. The highest BCUT2D eigenvalue weighted by atomic mass is 32.2. The molecule has 8 nitrogen and oxygen atoms in total. The molecule has 1 aromatic heterocycles. The van der Waals surface area contributed by atoms with Crippen LogP contribution < -0.4 is 4.74 Å². The van der Waals surface area contributed by atoms with Gasteiger partial charge in [-0.05, 0) is 44.4 Å². The lowest BCUT2D eigenvalue weighted by molar-refractivity contribution is 0.0495. The molecule has 0 spiro atoms. The number of benzene rings is 1. The molecule has 0 atom stereocenters. The molecule has 0 radical (unpaired) electrons. The van der Waals surface area contributed by atoms with Crippen molar-refractivity contribution in [2.24, 2.45) is 0 Å². The zero-order chi connectivity index (χ0) is 20.1. The van der Waals surface area contributed by atoms with E-state index in [9.17, 15) is 13.2 Å². The van der Waals surface area contributed by atoms with E-state index in [1.165, 1.54) is 29.6 Å². The third-order valence-electron chi connectivity index (χ3n) is 4.78. The smallest absolute Gasteiger partial charge is 0.338 e. The highest BCUT2D eigenvalue weighted by molar-refractivity contribution is 7.89. The van der Waals surface area contributed by atoms with Crippen LogP contribution in [0.4, 0.5) is 0 Å². The summed E-state index contributed by atoms with van der Waals surface area (Å²) in [4.78, 5) is 16.5. The Morgan fingerprint density at radius 1 is 1.25 bits per heavy atom. The Hall–Kier alpha value is -2.39. The van der Waals surface area contributed by atoms with Crippen molar-refractivity contribution in [3.63, 3.8) is 0 Å². The van der Waals surface area contributed by atoms with Gasteiger partial charge >= 0.3 is 5.97 Å². The minimum absolute atomic E-state index is 0.000361. The predicted molar refractivity (Wildman–Crippen MR) is 103 cm³/mol. The Balaban J connectivity index is 1.68. The molecule has 0 bridgehead atoms. The summed E-state index contributed by atoms with van der Waals surface area (Å²) < 4.78 is 39.7. The third-order valence-corrected chi connectivity index (χ3v) is 6.70. The number of aryl methyl sites for hydroxylation is 2. The summed E-state index contributed by atoms with van der Waals surface area (Å²) >= 11 is 0. The van der Waals surface area contributed by atoms with Gasteiger partial charge in [0.2, 0.25) is 10.0 Å². The zero-order valence-electron chi connectivity index (χ0n) is 16.1. The molecular weight excluding hydrogens is 382 g/mol. The molecule has 0 N–H and O–H groups in total. The van der Waals surface area contributed by atoms with E-state index in [4.69, 9.17) is 9.47 Å². The van der Waals surface area contributed by atoms with Crippen molar-refractivity contribution in [1.82, 2.24) is 13.9 Å². The van der Waals surface area contributed by atoms with E-state index in [1.807, 2.05) is 17.7 Å². The fourth-order valence-electron chi connectivity index (χ4n) is 3.20. The lowest BCUT2D eigenvalue weighted by atomic mass is 10.2. The van der Waals surface area contributed by atoms with Crippen molar-refractivity contribution in [3.05, 3.63) is 42.0 Å². The maximum Gasteiger partial charge on any atom is 0.338 e. The maximum atomic E-state index is 12.9. The van der Waals surface area contributed by atoms with Crippen LogP contribution in [0.2, 0.25) is 0 Å². The van der Waals surface area contributed by atoms with Gasteiger partial charge in [-0.2, -0.15) is 4.31 Å². The van der Waals surface area contributed by atoms with E-state index in [-0.39, 0.29) is 22.8 Å². The van der Waals surface area contributed by atoms with E-state index >= 15 is 0 Å². The van der Waals surface area contributed by atoms with Crippen molar-refractivity contribution < 1.29 is 22.7 Å². The van der Waals surface area contributed by atoms with Crippen LogP contribution in [0, 0.1) is 6.92 Å². The summed E-state index contributed by atoms with van der Waals surface area (Å²) in [5.41, 5.74) is 0.192. The van der Waals surface area contributed by atoms with Gasteiger partial charge in [0.1, 0.15) is 16.5 Å². The van der Waals surface area contributed by atoms with Gasteiger partial charge in [0, 0.05) is 32.0 Å². The minimum Gasteiger partial charge on any atom is -0.495 e. The second kappa shape index (κ2) is 8.74. The topological polar surface area (TPSA) is 90.7 Å². The van der Waals surface area contributed by atoms with Gasteiger partial charge in [-0.3, -0.25) is 0 Å². The van der Waals surface area contributed by atoms with Gasteiger partial charge < -0.3 is 14.0 Å². The SMILES string of the molecule is COc1ccc(C(=O)OCCCn2ccnc2C)cc1S(=O)(=O)N1CCCC1. The summed E-state index contributed by atoms with van der Waals surface area (Å²) in [6.45, 7) is 3.79. The highest BCUT2D eigenvalue weighted by Gasteiger charge is 2.30. The van der Waals surface area contributed by atoms with Crippen LogP contribution in [0.25, 0.3) is 0 Å². The Bertz CT molecular complexity index is 933. The second-order valence-corrected chi connectivity index (χ2v) is 8.54. The summed E-state index contributed by atoms with van der Waals surface area (Å²) in [7, 11) is -2.30. The molecule has 0 saturated carbocycles. The Morgan fingerprint density at radius 2 is 2.00 bits per heavy atom. The number of methoxy groups -OCH3 is 1. The predicted octanol–water partition coefficient (Wildman–Crippen LogP) is 2.23. The normalized spacial score (nSPS) is 14.9. The lowest BCUT2D eigenvalue weighted by Gasteiger charge is -2.18. The molecular formula is C19H25N3O5S. The van der Waals surface area contributed by atoms with E-state index < -0.39 is 16.0 Å². The average Bonchev–Trinajstić information content (AvgIpc) is 3.37. The van der Waals surface area contributed by atoms with Crippen LogP contribution in [0.1, 0.15) is 35.4 Å². The van der Waals surface area contributed by atoms with Crippen molar-refractivity contribution in [1.29, 1.82) is 0 Å². The lowest BCUT2D eigenvalue weighted by Crippen LogP contribution is -2.28. The number of aromatic nitrogens is 2. The van der Waals surface area contributed by atoms with Gasteiger partial charge in [-0.15, -0.1) is 0 Å². The molecule has 0 aliphatic carbocycles. The van der Waals surface area contributed by atoms with Crippen molar-refractivity contribution in [3.8, 4) is 5.75 Å². The Labute approximate surface area is 165 Å². The van der Waals surface area contributed by atoms with Crippen molar-refractivity contribution in [2.75, 3.05) is 26.8 Å². The monoisotopic (exact) mass is 407 g/mol. The number of hydrogen-bond donors (Lipinski definition) is 0. The Morgan fingerprint density at radius 3 is 2.64 bits per heavy atom. The van der Waals surface area contributed by atoms with Gasteiger partial charge in [-0.25, -0.2) is 18.2 Å². The number of carbonyl (C=O) groups is 1. The van der Waals surface area contributed by atoms with Gasteiger partial charge in [-0.1, -0.05) is 0 Å². The van der Waals surface area contributed by atoms with Crippen LogP contribution in [0.3, 0.4) is 0 Å². The van der Waals surface area contributed by atoms with Crippen LogP contribution in [0.15, 0.2) is 35.5 Å². The number of carbonyl (C=O) groups excluding carboxylic acids is 1. The van der Waals surface area contributed by atoms with E-state index in [1.54, 1.807) is 6.20 Å². The molecule has 2 heterocycles. The van der Waals surface area contributed by atoms with Crippen LogP contribution in [-0.2, 0) is 21.3 Å². The molecule has 1 aliphatic rings. The first-order chi connectivity index (χ1) is 13.4. The van der Waals surface area contributed by atoms with Crippen LogP contribution >= 0.6 is 0 Å². The molecule has 0 unspecified atom stereocenters. The maximum absolute atomic E-state index is 12.9. The summed E-state index contributed by atoms with van der Waals surface area (Å²) in [6.07, 6.45) is 5.90. The summed E-state index contributed by atoms with van der Waals surface area (Å²) in [5, 5.41) is 0. The number of esters is 1. The number of ether oxygens (including phenoxy) is 2. The zero-order valence-corrected chi connectivity index (χ0v) is 16.9. The molecule has 1 saturated heterocycles. The van der Waals surface area contributed by atoms with E-state index in [0.29, 0.717) is 26.1 Å². The molecule has 152 valence electrons. The first-order valence-electron chi connectivity index (χ1n) is 9.26. The highest BCUT2D eigenvalue weighted by Crippen LogP contribution is 2.30. The average molecular weight is 407 g/mol. The third kappa shape index (κ3) is 4.36. The number of sulfonamides is 1. The molecule has 1 aliphatic heterocycles. The van der Waals surface area contributed by atoms with Crippen molar-refractivity contribution >= 4 is 16.0 Å². The number of nitrogens with zero attached hydrogens (tertiary/aromatic N) is 3. The molecule has 2 aromatic rings. The number of hydrogen-bond acceptors (Lipinski definition) is 6. The fourth-order valence-corrected chi connectivity index (χ4v) is 4.89. The molecule has 3 rings (SSSR count). The van der Waals surface area contributed by atoms with Crippen molar-refractivity contribution in [2.45, 2.75) is 37.6 Å². The van der Waals surface area contributed by atoms with E-state index in [0.717, 1.165) is 18.7 Å². The van der Waals surface area contributed by atoms with Crippen LogP contribution in [0.5, 0.6) is 5.75 Å². The molecule has 0 amide bonds. The standard InChI is InChI=1S/C19H25N3O5S/c1-15-20-8-12-21(15)9-5-13-27-19(23)16-6-7-17(26-2)18(14-16)28(24,25)22-10-3-4-11-22/h6-8,12,14H,3-5,9-11,13H2,1-2H3. The molecule has 28 heavy (non-hydrogen) atoms. The van der Waals surface area contributed by atoms with Gasteiger partial charge in [0.15, 0.2) is 0 Å². The minimum atomic E-state index is -3.71. The first-order valence-corrected chi connectivity index (χ1v) is 10.7. The quantitative estimate of drug-likeness (QED) is 0.492. The summed E-state index contributed by atoms with van der Waals surface area (Å²) in [6, 6.07) is 4.35.